The third-order valence-electron chi connectivity index (χ3n) is 1.21. The first-order chi connectivity index (χ1) is 4.61. The van der Waals surface area contributed by atoms with Gasteiger partial charge in [0.05, 0.1) is 5.69 Å². The van der Waals surface area contributed by atoms with Crippen LogP contribution >= 0.6 is 0 Å². The monoisotopic (exact) mass is 142 g/mol. The smallest absolute Gasteiger partial charge is 0.191 e. The number of hydrogen-bond acceptors (Lipinski definition) is 4. The Morgan fingerprint density at radius 2 is 2.20 bits per heavy atom. The maximum Gasteiger partial charge on any atom is 0.191 e. The van der Waals surface area contributed by atoms with E-state index in [9.17, 15) is 0 Å². The summed E-state index contributed by atoms with van der Waals surface area (Å²) < 4.78 is 4.99. The van der Waals surface area contributed by atoms with Gasteiger partial charge in [-0.1, -0.05) is 0 Å². The van der Waals surface area contributed by atoms with Crippen LogP contribution in [0.2, 0.25) is 0 Å². The van der Waals surface area contributed by atoms with Crippen LogP contribution in [0.25, 0.3) is 0 Å². The van der Waals surface area contributed by atoms with Crippen molar-refractivity contribution in [2.45, 2.75) is 20.1 Å². The molecular formula is C6H10N2O2. The Balaban J connectivity index is 3.03. The van der Waals surface area contributed by atoms with Crippen LogP contribution in [0, 0.1) is 13.8 Å². The number of aromatic nitrogens is 1. The third-order valence-corrected chi connectivity index (χ3v) is 1.21. The van der Waals surface area contributed by atoms with Gasteiger partial charge in [0.25, 0.3) is 0 Å². The standard InChI is InChI=1S/C6H10N2O2/c1-3-5(6(7)9)10-4(2)8-3/h6,9H,7H2,1-2H3. The molecule has 0 amide bonds. The van der Waals surface area contributed by atoms with E-state index >= 15 is 0 Å². The molecule has 10 heavy (non-hydrogen) atoms. The molecule has 0 aromatic carbocycles. The fraction of sp³-hybridized carbons (Fsp3) is 0.500. The van der Waals surface area contributed by atoms with Gasteiger partial charge in [0.1, 0.15) is 0 Å². The van der Waals surface area contributed by atoms with Crippen molar-refractivity contribution in [1.29, 1.82) is 0 Å². The molecular weight excluding hydrogens is 132 g/mol. The molecule has 3 N–H and O–H groups in total. The van der Waals surface area contributed by atoms with Gasteiger partial charge in [0.2, 0.25) is 0 Å². The topological polar surface area (TPSA) is 72.3 Å². The average molecular weight is 142 g/mol. The summed E-state index contributed by atoms with van der Waals surface area (Å²) in [6.07, 6.45) is -1.05. The van der Waals surface area contributed by atoms with Gasteiger partial charge in [-0.25, -0.2) is 4.98 Å². The lowest BCUT2D eigenvalue weighted by atomic mass is 10.3. The lowest BCUT2D eigenvalue weighted by molar-refractivity contribution is 0.155. The molecule has 56 valence electrons. The van der Waals surface area contributed by atoms with Gasteiger partial charge in [-0.3, -0.25) is 5.73 Å². The Morgan fingerprint density at radius 3 is 2.40 bits per heavy atom. The van der Waals surface area contributed by atoms with Crippen molar-refractivity contribution in [3.63, 3.8) is 0 Å². The normalized spacial score (nSPS) is 13.6. The van der Waals surface area contributed by atoms with E-state index in [1.54, 1.807) is 13.8 Å². The Hall–Kier alpha value is -0.870. The highest BCUT2D eigenvalue weighted by Crippen LogP contribution is 2.13. The van der Waals surface area contributed by atoms with E-state index in [0.717, 1.165) is 0 Å². The SMILES string of the molecule is Cc1nc(C)c(C(N)O)o1. The summed E-state index contributed by atoms with van der Waals surface area (Å²) in [6, 6.07) is 0. The van der Waals surface area contributed by atoms with Crippen molar-refractivity contribution in [1.82, 2.24) is 4.98 Å². The van der Waals surface area contributed by atoms with E-state index in [-0.39, 0.29) is 0 Å². The fourth-order valence-corrected chi connectivity index (χ4v) is 0.821. The van der Waals surface area contributed by atoms with Gasteiger partial charge in [-0.05, 0) is 6.92 Å². The highest BCUT2D eigenvalue weighted by molar-refractivity contribution is 5.08. The molecule has 0 radical (unpaired) electrons. The highest BCUT2D eigenvalue weighted by Gasteiger charge is 2.11. The lowest BCUT2D eigenvalue weighted by Gasteiger charge is -1.97. The lowest BCUT2D eigenvalue weighted by Crippen LogP contribution is -2.08. The minimum absolute atomic E-state index is 0.345. The summed E-state index contributed by atoms with van der Waals surface area (Å²) in [5.74, 6) is 0.870. The first kappa shape index (κ1) is 7.24. The van der Waals surface area contributed by atoms with E-state index in [1.807, 2.05) is 0 Å². The molecule has 0 fully saturated rings. The van der Waals surface area contributed by atoms with Crippen molar-refractivity contribution in [3.05, 3.63) is 17.3 Å². The number of aliphatic hydroxyl groups excluding tert-OH is 1. The summed E-state index contributed by atoms with van der Waals surface area (Å²) in [5, 5.41) is 8.86. The molecule has 0 bridgehead atoms. The number of aryl methyl sites for hydroxylation is 2. The van der Waals surface area contributed by atoms with Crippen molar-refractivity contribution in [2.24, 2.45) is 5.73 Å². The quantitative estimate of drug-likeness (QED) is 0.551. The molecule has 4 nitrogen and oxygen atoms in total. The summed E-state index contributed by atoms with van der Waals surface area (Å²) in [6.45, 7) is 3.45. The van der Waals surface area contributed by atoms with Gasteiger partial charge in [0, 0.05) is 6.92 Å². The van der Waals surface area contributed by atoms with Gasteiger partial charge in [0.15, 0.2) is 17.9 Å². The van der Waals surface area contributed by atoms with E-state index in [1.165, 1.54) is 0 Å². The third kappa shape index (κ3) is 1.17. The molecule has 0 aliphatic rings. The van der Waals surface area contributed by atoms with Crippen LogP contribution in [0.4, 0.5) is 0 Å². The van der Waals surface area contributed by atoms with Crippen molar-refractivity contribution >= 4 is 0 Å². The zero-order chi connectivity index (χ0) is 7.72. The van der Waals surface area contributed by atoms with Crippen LogP contribution in [0.15, 0.2) is 4.42 Å². The Labute approximate surface area is 58.7 Å². The zero-order valence-corrected chi connectivity index (χ0v) is 5.96. The molecule has 0 saturated heterocycles. The van der Waals surface area contributed by atoms with Crippen LogP contribution in [0.3, 0.4) is 0 Å². The van der Waals surface area contributed by atoms with Crippen LogP contribution in [-0.4, -0.2) is 10.1 Å². The Bertz CT molecular complexity index is 230. The molecule has 1 heterocycles. The van der Waals surface area contributed by atoms with Crippen molar-refractivity contribution in [2.75, 3.05) is 0 Å². The highest BCUT2D eigenvalue weighted by atomic mass is 16.4. The molecule has 4 heteroatoms. The zero-order valence-electron chi connectivity index (χ0n) is 5.96. The summed E-state index contributed by atoms with van der Waals surface area (Å²) in [4.78, 5) is 3.93. The number of nitrogens with two attached hydrogens (primary N) is 1. The minimum Gasteiger partial charge on any atom is -0.441 e. The molecule has 1 unspecified atom stereocenters. The average Bonchev–Trinajstić information content (AvgIpc) is 2.10. The number of aliphatic hydroxyl groups is 1. The predicted octanol–water partition coefficient (Wildman–Crippen LogP) is 0.241. The molecule has 1 rings (SSSR count). The van der Waals surface area contributed by atoms with Crippen LogP contribution in [0.5, 0.6) is 0 Å². The maximum absolute atomic E-state index is 8.86. The van der Waals surface area contributed by atoms with Gasteiger partial charge >= 0.3 is 0 Å². The Kier molecular flexibility index (Phi) is 1.74. The van der Waals surface area contributed by atoms with E-state index in [0.29, 0.717) is 17.3 Å². The second kappa shape index (κ2) is 2.40. The van der Waals surface area contributed by atoms with Gasteiger partial charge < -0.3 is 9.52 Å². The van der Waals surface area contributed by atoms with Gasteiger partial charge in [-0.15, -0.1) is 0 Å². The molecule has 0 saturated carbocycles. The Morgan fingerprint density at radius 1 is 1.60 bits per heavy atom. The molecule has 0 aliphatic carbocycles. The second-order valence-corrected chi connectivity index (χ2v) is 2.13. The number of nitrogens with zero attached hydrogens (tertiary/aromatic N) is 1. The summed E-state index contributed by atoms with van der Waals surface area (Å²) in [5.41, 5.74) is 5.80. The van der Waals surface area contributed by atoms with Crippen LogP contribution < -0.4 is 5.73 Å². The van der Waals surface area contributed by atoms with E-state index in [4.69, 9.17) is 15.3 Å². The number of rotatable bonds is 1. The van der Waals surface area contributed by atoms with Gasteiger partial charge in [-0.2, -0.15) is 0 Å². The van der Waals surface area contributed by atoms with Crippen LogP contribution in [-0.2, 0) is 0 Å². The van der Waals surface area contributed by atoms with E-state index < -0.39 is 6.23 Å². The predicted molar refractivity (Wildman–Crippen MR) is 35.1 cm³/mol. The fourth-order valence-electron chi connectivity index (χ4n) is 0.821. The van der Waals surface area contributed by atoms with E-state index in [2.05, 4.69) is 4.98 Å². The summed E-state index contributed by atoms with van der Waals surface area (Å²) in [7, 11) is 0. The minimum atomic E-state index is -1.05. The summed E-state index contributed by atoms with van der Waals surface area (Å²) >= 11 is 0. The maximum atomic E-state index is 8.86. The molecule has 1 atom stereocenters. The molecule has 0 aliphatic heterocycles. The molecule has 0 spiro atoms. The molecule has 1 aromatic heterocycles. The first-order valence-electron chi connectivity index (χ1n) is 2.99. The first-order valence-corrected chi connectivity index (χ1v) is 2.99. The van der Waals surface area contributed by atoms with Crippen LogP contribution in [0.1, 0.15) is 23.6 Å². The number of oxazole rings is 1. The van der Waals surface area contributed by atoms with Crippen molar-refractivity contribution in [3.8, 4) is 0 Å². The molecule has 1 aromatic rings. The largest absolute Gasteiger partial charge is 0.441 e. The number of hydrogen-bond donors (Lipinski definition) is 2. The van der Waals surface area contributed by atoms with Crippen molar-refractivity contribution < 1.29 is 9.52 Å². The second-order valence-electron chi connectivity index (χ2n) is 2.13.